The van der Waals surface area contributed by atoms with Crippen molar-refractivity contribution in [3.8, 4) is 17.3 Å². The highest BCUT2D eigenvalue weighted by molar-refractivity contribution is 7.88. The number of nitrogens with zero attached hydrogens (tertiary/aromatic N) is 1. The monoisotopic (exact) mass is 546 g/mol. The van der Waals surface area contributed by atoms with Crippen LogP contribution < -0.4 is 8.91 Å². The first-order valence-electron chi connectivity index (χ1n) is 10.6. The molecule has 0 aliphatic heterocycles. The van der Waals surface area contributed by atoms with Gasteiger partial charge in [0.2, 0.25) is 5.89 Å². The van der Waals surface area contributed by atoms with Crippen molar-refractivity contribution in [2.45, 2.75) is 43.7 Å². The van der Waals surface area contributed by atoms with E-state index in [1.54, 1.807) is 63.2 Å². The van der Waals surface area contributed by atoms with Gasteiger partial charge in [0.25, 0.3) is 5.88 Å². The van der Waals surface area contributed by atoms with Crippen LogP contribution in [0.15, 0.2) is 65.1 Å². The van der Waals surface area contributed by atoms with Crippen molar-refractivity contribution in [1.29, 1.82) is 0 Å². The molecule has 3 rings (SSSR count). The van der Waals surface area contributed by atoms with Crippen molar-refractivity contribution >= 4 is 21.1 Å². The maximum absolute atomic E-state index is 13.1. The fourth-order valence-corrected chi connectivity index (χ4v) is 4.00. The van der Waals surface area contributed by atoms with Crippen LogP contribution in [0.25, 0.3) is 11.5 Å². The van der Waals surface area contributed by atoms with E-state index in [0.29, 0.717) is 5.56 Å². The molecule has 36 heavy (non-hydrogen) atoms. The second-order valence-corrected chi connectivity index (χ2v) is 12.1. The summed E-state index contributed by atoms with van der Waals surface area (Å²) in [6.45, 7) is 4.92. The number of oxazole rings is 1. The van der Waals surface area contributed by atoms with Gasteiger partial charge in [-0.3, -0.25) is 0 Å². The van der Waals surface area contributed by atoms with Crippen molar-refractivity contribution < 1.29 is 39.1 Å². The maximum atomic E-state index is 13.1. The highest BCUT2D eigenvalue weighted by Gasteiger charge is 2.50. The molecule has 0 aliphatic carbocycles. The number of alkyl halides is 3. The van der Waals surface area contributed by atoms with E-state index in [0.717, 1.165) is 5.56 Å². The Balaban J connectivity index is 2.01. The summed E-state index contributed by atoms with van der Waals surface area (Å²) < 4.78 is 93.4. The van der Waals surface area contributed by atoms with Gasteiger partial charge in [-0.25, -0.2) is 8.93 Å². The molecule has 13 heteroatoms. The summed E-state index contributed by atoms with van der Waals surface area (Å²) >= 11 is 0. The van der Waals surface area contributed by atoms with Crippen LogP contribution >= 0.6 is 0 Å². The quantitative estimate of drug-likeness (QED) is 0.285. The van der Waals surface area contributed by atoms with Gasteiger partial charge in [-0.15, -0.1) is 0 Å². The molecule has 0 saturated carbocycles. The molecule has 1 heterocycles. The van der Waals surface area contributed by atoms with E-state index in [1.165, 1.54) is 0 Å². The molecule has 0 fully saturated rings. The third kappa shape index (κ3) is 7.15. The average molecular weight is 547 g/mol. The van der Waals surface area contributed by atoms with Crippen LogP contribution in [0, 0.1) is 0 Å². The second kappa shape index (κ2) is 11.1. The molecule has 0 aliphatic rings. The number of nitrogens with one attached hydrogen (secondary N) is 1. The van der Waals surface area contributed by atoms with Gasteiger partial charge in [0.05, 0.1) is 28.9 Å². The molecule has 1 N–H and O–H groups in total. The van der Waals surface area contributed by atoms with Gasteiger partial charge in [-0.2, -0.15) is 26.6 Å². The lowest BCUT2D eigenvalue weighted by atomic mass is 10.2. The Hall–Kier alpha value is -2.74. The molecular weight excluding hydrogens is 521 g/mol. The molecule has 1 aromatic heterocycles. The lowest BCUT2D eigenvalue weighted by Gasteiger charge is -2.23. The molecule has 0 bridgehead atoms. The summed E-state index contributed by atoms with van der Waals surface area (Å²) in [6, 6.07) is 16.0. The minimum atomic E-state index is -6.06. The summed E-state index contributed by atoms with van der Waals surface area (Å²) in [5.41, 5.74) is -4.53. The van der Waals surface area contributed by atoms with Gasteiger partial charge >= 0.3 is 15.6 Å². The first kappa shape index (κ1) is 27.8. The van der Waals surface area contributed by atoms with Crippen molar-refractivity contribution in [1.82, 2.24) is 9.71 Å². The smallest absolute Gasteiger partial charge is 0.435 e. The molecule has 3 aromatic rings. The number of rotatable bonds is 10. The standard InChI is InChI=1S/C23H25F3N2O6S2/c1-22(2,3)35(29)28-18(15-32-14-16-10-6-4-7-11-16)19-21(34-36(30,31)23(24,25)26)27-20(33-19)17-12-8-5-9-13-17/h4-13,18,28H,14-15H2,1-3H3. The van der Waals surface area contributed by atoms with Crippen molar-refractivity contribution in [3.63, 3.8) is 0 Å². The summed E-state index contributed by atoms with van der Waals surface area (Å²) in [5.74, 6) is -1.53. The zero-order valence-corrected chi connectivity index (χ0v) is 21.2. The van der Waals surface area contributed by atoms with Crippen LogP contribution in [0.3, 0.4) is 0 Å². The number of ether oxygens (including phenoxy) is 1. The predicted octanol–water partition coefficient (Wildman–Crippen LogP) is 4.88. The molecule has 0 radical (unpaired) electrons. The van der Waals surface area contributed by atoms with Crippen LogP contribution in [0.4, 0.5) is 13.2 Å². The van der Waals surface area contributed by atoms with Gasteiger partial charge in [0.15, 0.2) is 5.76 Å². The topological polar surface area (TPSA) is 108 Å². The Labute approximate surface area is 209 Å². The zero-order chi connectivity index (χ0) is 26.6. The molecule has 196 valence electrons. The van der Waals surface area contributed by atoms with Crippen LogP contribution in [0.5, 0.6) is 5.88 Å². The molecule has 2 unspecified atom stereocenters. The SMILES string of the molecule is CC(C)(C)S(=O)NC(COCc1ccccc1)c1oc(-c2ccccc2)nc1OS(=O)(=O)C(F)(F)F. The summed E-state index contributed by atoms with van der Waals surface area (Å²) in [5, 5.41) is 0. The molecule has 2 atom stereocenters. The Morgan fingerprint density at radius 2 is 1.61 bits per heavy atom. The first-order chi connectivity index (χ1) is 16.8. The summed E-state index contributed by atoms with van der Waals surface area (Å²) in [4.78, 5) is 3.87. The lowest BCUT2D eigenvalue weighted by molar-refractivity contribution is -0.0502. The largest absolute Gasteiger partial charge is 0.534 e. The molecule has 0 saturated heterocycles. The Kier molecular flexibility index (Phi) is 8.59. The normalized spacial score (nSPS) is 14.4. The molecular formula is C23H25F3N2O6S2. The zero-order valence-electron chi connectivity index (χ0n) is 19.6. The van der Waals surface area contributed by atoms with E-state index < -0.39 is 49.0 Å². The predicted molar refractivity (Wildman–Crippen MR) is 127 cm³/mol. The van der Waals surface area contributed by atoms with E-state index in [1.807, 2.05) is 18.2 Å². The number of hydrogen-bond acceptors (Lipinski definition) is 7. The number of aromatic nitrogens is 1. The Bertz CT molecular complexity index is 1270. The first-order valence-corrected chi connectivity index (χ1v) is 13.2. The van der Waals surface area contributed by atoms with Crippen LogP contribution in [0.1, 0.15) is 38.1 Å². The fourth-order valence-electron chi connectivity index (χ4n) is 2.79. The number of halogens is 3. The molecule has 2 aromatic carbocycles. The van der Waals surface area contributed by atoms with E-state index in [-0.39, 0.29) is 19.1 Å². The Morgan fingerprint density at radius 1 is 1.03 bits per heavy atom. The lowest BCUT2D eigenvalue weighted by Crippen LogP contribution is -2.37. The highest BCUT2D eigenvalue weighted by atomic mass is 32.2. The van der Waals surface area contributed by atoms with E-state index >= 15 is 0 Å². The van der Waals surface area contributed by atoms with E-state index in [2.05, 4.69) is 13.9 Å². The minimum absolute atomic E-state index is 0.123. The molecule has 0 spiro atoms. The van der Waals surface area contributed by atoms with Crippen molar-refractivity contribution in [2.24, 2.45) is 0 Å². The van der Waals surface area contributed by atoms with Crippen LogP contribution in [-0.4, -0.2) is 34.5 Å². The molecule has 0 amide bonds. The second-order valence-electron chi connectivity index (χ2n) is 8.59. The van der Waals surface area contributed by atoms with Crippen molar-refractivity contribution in [2.75, 3.05) is 6.61 Å². The minimum Gasteiger partial charge on any atom is -0.435 e. The van der Waals surface area contributed by atoms with E-state index in [4.69, 9.17) is 9.15 Å². The summed E-state index contributed by atoms with van der Waals surface area (Å²) in [7, 11) is -7.81. The van der Waals surface area contributed by atoms with Gasteiger partial charge in [0.1, 0.15) is 6.04 Å². The highest BCUT2D eigenvalue weighted by Crippen LogP contribution is 2.35. The Morgan fingerprint density at radius 3 is 2.17 bits per heavy atom. The van der Waals surface area contributed by atoms with Crippen LogP contribution in [-0.2, 0) is 32.4 Å². The van der Waals surface area contributed by atoms with E-state index in [9.17, 15) is 25.8 Å². The molecule has 8 nitrogen and oxygen atoms in total. The van der Waals surface area contributed by atoms with Gasteiger partial charge < -0.3 is 13.3 Å². The fraction of sp³-hybridized carbons (Fsp3) is 0.348. The number of benzene rings is 2. The average Bonchev–Trinajstić information content (AvgIpc) is 3.21. The number of hydrogen-bond donors (Lipinski definition) is 1. The third-order valence-corrected chi connectivity index (χ3v) is 7.19. The third-order valence-electron chi connectivity index (χ3n) is 4.63. The van der Waals surface area contributed by atoms with Crippen molar-refractivity contribution in [3.05, 3.63) is 72.0 Å². The van der Waals surface area contributed by atoms with Crippen LogP contribution in [0.2, 0.25) is 0 Å². The van der Waals surface area contributed by atoms with Gasteiger partial charge in [-0.05, 0) is 38.5 Å². The van der Waals surface area contributed by atoms with Gasteiger partial charge in [0, 0.05) is 5.56 Å². The van der Waals surface area contributed by atoms with Gasteiger partial charge in [-0.1, -0.05) is 48.5 Å². The summed E-state index contributed by atoms with van der Waals surface area (Å²) in [6.07, 6.45) is 0. The maximum Gasteiger partial charge on any atom is 0.534 e.